The number of nitrogens with zero attached hydrogens (tertiary/aromatic N) is 2. The lowest BCUT2D eigenvalue weighted by molar-refractivity contribution is -0.115. The van der Waals surface area contributed by atoms with E-state index in [0.717, 1.165) is 6.20 Å². The molecule has 0 fully saturated rings. The molecule has 0 atom stereocenters. The van der Waals surface area contributed by atoms with Crippen LogP contribution in [0.4, 0.5) is 0 Å². The van der Waals surface area contributed by atoms with Crippen LogP contribution in [0.3, 0.4) is 0 Å². The molecule has 9 heteroatoms. The van der Waals surface area contributed by atoms with E-state index >= 15 is 0 Å². The molecule has 0 aliphatic rings. The SMILES string of the molecule is COc1cc(C(=O)O)c2oc(CNC(=O)/C(=C/N)c3ncccn3)cc2c1. The second-order valence-corrected chi connectivity index (χ2v) is 5.45. The Bertz CT molecular complexity index is 1030. The minimum Gasteiger partial charge on any atom is -0.497 e. The molecule has 0 spiro atoms. The number of hydrogen-bond acceptors (Lipinski definition) is 7. The van der Waals surface area contributed by atoms with E-state index in [1.807, 2.05) is 0 Å². The van der Waals surface area contributed by atoms with Gasteiger partial charge in [-0.2, -0.15) is 0 Å². The number of carbonyl (C=O) groups excluding carboxylic acids is 1. The first-order chi connectivity index (χ1) is 13.0. The summed E-state index contributed by atoms with van der Waals surface area (Å²) in [6.45, 7) is 0.0268. The summed E-state index contributed by atoms with van der Waals surface area (Å²) in [6.07, 6.45) is 4.12. The van der Waals surface area contributed by atoms with Crippen molar-refractivity contribution in [3.8, 4) is 5.75 Å². The predicted octanol–water partition coefficient (Wildman–Crippen LogP) is 1.55. The van der Waals surface area contributed by atoms with E-state index in [2.05, 4.69) is 15.3 Å². The molecule has 9 nitrogen and oxygen atoms in total. The number of amides is 1. The molecule has 2 aromatic heterocycles. The minimum atomic E-state index is -1.14. The first kappa shape index (κ1) is 17.9. The average Bonchev–Trinajstić information content (AvgIpc) is 3.09. The van der Waals surface area contributed by atoms with Crippen molar-refractivity contribution < 1.29 is 23.8 Å². The number of ether oxygens (including phenoxy) is 1. The fraction of sp³-hybridized carbons (Fsp3) is 0.111. The lowest BCUT2D eigenvalue weighted by Crippen LogP contribution is -2.25. The third-order valence-electron chi connectivity index (χ3n) is 3.75. The molecule has 4 N–H and O–H groups in total. The van der Waals surface area contributed by atoms with Gasteiger partial charge in [-0.25, -0.2) is 14.8 Å². The maximum atomic E-state index is 12.3. The van der Waals surface area contributed by atoms with Gasteiger partial charge < -0.3 is 25.3 Å². The van der Waals surface area contributed by atoms with Crippen LogP contribution in [0.25, 0.3) is 16.5 Å². The van der Waals surface area contributed by atoms with Gasteiger partial charge >= 0.3 is 5.97 Å². The van der Waals surface area contributed by atoms with Gasteiger partial charge in [0.25, 0.3) is 5.91 Å². The van der Waals surface area contributed by atoms with Crippen molar-refractivity contribution in [2.45, 2.75) is 6.54 Å². The average molecular weight is 368 g/mol. The Morgan fingerprint density at radius 3 is 2.67 bits per heavy atom. The van der Waals surface area contributed by atoms with Crippen LogP contribution >= 0.6 is 0 Å². The number of nitrogens with two attached hydrogens (primary N) is 1. The fourth-order valence-electron chi connectivity index (χ4n) is 2.50. The highest BCUT2D eigenvalue weighted by molar-refractivity contribution is 6.18. The van der Waals surface area contributed by atoms with Crippen LogP contribution in [0.1, 0.15) is 21.9 Å². The van der Waals surface area contributed by atoms with Crippen LogP contribution in [-0.2, 0) is 11.3 Å². The maximum Gasteiger partial charge on any atom is 0.339 e. The quantitative estimate of drug-likeness (QED) is 0.557. The Morgan fingerprint density at radius 1 is 1.30 bits per heavy atom. The number of carboxylic acids is 1. The second kappa shape index (κ2) is 7.56. The molecule has 27 heavy (non-hydrogen) atoms. The lowest BCUT2D eigenvalue weighted by atomic mass is 10.1. The van der Waals surface area contributed by atoms with Gasteiger partial charge in [-0.05, 0) is 24.3 Å². The summed E-state index contributed by atoms with van der Waals surface area (Å²) in [6, 6.07) is 6.28. The van der Waals surface area contributed by atoms with Gasteiger partial charge in [0.1, 0.15) is 22.7 Å². The molecule has 0 aliphatic carbocycles. The monoisotopic (exact) mass is 368 g/mol. The number of benzene rings is 1. The molecule has 3 rings (SSSR count). The number of rotatable bonds is 6. The van der Waals surface area contributed by atoms with Crippen molar-refractivity contribution >= 4 is 28.4 Å². The smallest absolute Gasteiger partial charge is 0.339 e. The third-order valence-corrected chi connectivity index (χ3v) is 3.75. The molecule has 1 amide bonds. The Morgan fingerprint density at radius 2 is 2.04 bits per heavy atom. The van der Waals surface area contributed by atoms with Gasteiger partial charge in [-0.3, -0.25) is 4.79 Å². The number of hydrogen-bond donors (Lipinski definition) is 3. The van der Waals surface area contributed by atoms with Gasteiger partial charge in [0.15, 0.2) is 5.82 Å². The summed E-state index contributed by atoms with van der Waals surface area (Å²) in [5.41, 5.74) is 5.80. The first-order valence-corrected chi connectivity index (χ1v) is 7.84. The number of aromatic carboxylic acids is 1. The number of nitrogens with one attached hydrogen (secondary N) is 1. The summed E-state index contributed by atoms with van der Waals surface area (Å²) in [5, 5.41) is 12.5. The topological polar surface area (TPSA) is 141 Å². The third kappa shape index (κ3) is 3.71. The van der Waals surface area contributed by atoms with E-state index in [1.165, 1.54) is 25.6 Å². The zero-order valence-corrected chi connectivity index (χ0v) is 14.3. The van der Waals surface area contributed by atoms with E-state index in [9.17, 15) is 14.7 Å². The van der Waals surface area contributed by atoms with E-state index in [4.69, 9.17) is 14.9 Å². The van der Waals surface area contributed by atoms with Gasteiger partial charge in [0.05, 0.1) is 19.2 Å². The molecule has 3 aromatic rings. The molecule has 0 saturated heterocycles. The summed E-state index contributed by atoms with van der Waals surface area (Å²) in [4.78, 5) is 31.7. The van der Waals surface area contributed by atoms with Gasteiger partial charge in [0.2, 0.25) is 0 Å². The molecular weight excluding hydrogens is 352 g/mol. The molecular formula is C18H16N4O5. The van der Waals surface area contributed by atoms with Gasteiger partial charge in [-0.15, -0.1) is 0 Å². The van der Waals surface area contributed by atoms with Crippen LogP contribution in [0.15, 0.2) is 47.3 Å². The van der Waals surface area contributed by atoms with Crippen molar-refractivity contribution in [3.63, 3.8) is 0 Å². The van der Waals surface area contributed by atoms with Crippen molar-refractivity contribution in [3.05, 3.63) is 60.0 Å². The number of methoxy groups -OCH3 is 1. The van der Waals surface area contributed by atoms with Crippen LogP contribution < -0.4 is 15.8 Å². The van der Waals surface area contributed by atoms with Crippen molar-refractivity contribution in [1.82, 2.24) is 15.3 Å². The summed E-state index contributed by atoms with van der Waals surface area (Å²) in [7, 11) is 1.44. The highest BCUT2D eigenvalue weighted by Gasteiger charge is 2.18. The largest absolute Gasteiger partial charge is 0.497 e. The molecule has 0 unspecified atom stereocenters. The Balaban J connectivity index is 1.82. The number of furan rings is 1. The van der Waals surface area contributed by atoms with Crippen LogP contribution in [0, 0.1) is 0 Å². The van der Waals surface area contributed by atoms with E-state index < -0.39 is 11.9 Å². The van der Waals surface area contributed by atoms with Crippen LogP contribution in [0.5, 0.6) is 5.75 Å². The lowest BCUT2D eigenvalue weighted by Gasteiger charge is -2.05. The normalized spacial score (nSPS) is 11.4. The summed E-state index contributed by atoms with van der Waals surface area (Å²) in [5.74, 6) is -0.663. The first-order valence-electron chi connectivity index (χ1n) is 7.84. The van der Waals surface area contributed by atoms with Gasteiger partial charge in [0, 0.05) is 24.0 Å². The molecule has 0 aliphatic heterocycles. The highest BCUT2D eigenvalue weighted by Crippen LogP contribution is 2.28. The van der Waals surface area contributed by atoms with Gasteiger partial charge in [-0.1, -0.05) is 0 Å². The number of carboxylic acid groups (broad SMARTS) is 1. The summed E-state index contributed by atoms with van der Waals surface area (Å²) < 4.78 is 10.7. The second-order valence-electron chi connectivity index (χ2n) is 5.45. The zero-order valence-electron chi connectivity index (χ0n) is 14.3. The minimum absolute atomic E-state index is 0.0258. The molecule has 1 aromatic carbocycles. The Hall–Kier alpha value is -3.88. The Kier molecular flexibility index (Phi) is 5.02. The fourth-order valence-corrected chi connectivity index (χ4v) is 2.50. The number of fused-ring (bicyclic) bond motifs is 1. The molecule has 0 bridgehead atoms. The standard InChI is InChI=1S/C18H16N4O5/c1-26-11-5-10-6-12(27-15(10)13(7-11)18(24)25)9-22-17(23)14(8-19)16-20-3-2-4-21-16/h2-8H,9,19H2,1H3,(H,22,23)(H,24,25)/b14-8+. The predicted molar refractivity (Wildman–Crippen MR) is 95.8 cm³/mol. The van der Waals surface area contributed by atoms with Crippen LogP contribution in [0.2, 0.25) is 0 Å². The highest BCUT2D eigenvalue weighted by atomic mass is 16.5. The molecule has 138 valence electrons. The molecule has 2 heterocycles. The summed E-state index contributed by atoms with van der Waals surface area (Å²) >= 11 is 0. The van der Waals surface area contributed by atoms with Crippen molar-refractivity contribution in [2.24, 2.45) is 5.73 Å². The van der Waals surface area contributed by atoms with Crippen LogP contribution in [-0.4, -0.2) is 34.1 Å². The molecule has 0 saturated carbocycles. The van der Waals surface area contributed by atoms with Crippen molar-refractivity contribution in [2.75, 3.05) is 7.11 Å². The maximum absolute atomic E-state index is 12.3. The van der Waals surface area contributed by atoms with E-state index in [1.54, 1.807) is 18.2 Å². The zero-order chi connectivity index (χ0) is 19.4. The van der Waals surface area contributed by atoms with Crippen molar-refractivity contribution in [1.29, 1.82) is 0 Å². The number of aromatic nitrogens is 2. The van der Waals surface area contributed by atoms with E-state index in [0.29, 0.717) is 16.9 Å². The van der Waals surface area contributed by atoms with E-state index in [-0.39, 0.29) is 29.1 Å². The molecule has 0 radical (unpaired) electrons. The number of carbonyl (C=O) groups is 2. The Labute approximate surface area is 153 Å².